The topological polar surface area (TPSA) is 104 Å². The van der Waals surface area contributed by atoms with Gasteiger partial charge in [-0.05, 0) is 12.1 Å². The molecule has 102 valence electrons. The largest absolute Gasteiger partial charge is 0.497 e. The maximum absolute atomic E-state index is 8.95. The van der Waals surface area contributed by atoms with Gasteiger partial charge in [0.05, 0.1) is 26.9 Å². The lowest BCUT2D eigenvalue weighted by Crippen LogP contribution is -2.15. The lowest BCUT2D eigenvalue weighted by molar-refractivity contribution is 0.260. The molecule has 0 bridgehead atoms. The quantitative estimate of drug-likeness (QED) is 0.821. The van der Waals surface area contributed by atoms with Gasteiger partial charge < -0.3 is 24.8 Å². The first kappa shape index (κ1) is 13.3. The average molecular weight is 265 g/mol. The van der Waals surface area contributed by atoms with E-state index in [9.17, 15) is 0 Å². The molecule has 2 aromatic rings. The van der Waals surface area contributed by atoms with Crippen molar-refractivity contribution in [3.63, 3.8) is 0 Å². The molecule has 2 rings (SSSR count). The van der Waals surface area contributed by atoms with Gasteiger partial charge in [-0.1, -0.05) is 5.16 Å². The molecule has 1 unspecified atom stereocenters. The van der Waals surface area contributed by atoms with Crippen molar-refractivity contribution in [2.24, 2.45) is 5.73 Å². The number of ether oxygens (including phenoxy) is 2. The second kappa shape index (κ2) is 5.68. The molecule has 0 amide bonds. The van der Waals surface area contributed by atoms with Crippen LogP contribution in [0.3, 0.4) is 0 Å². The van der Waals surface area contributed by atoms with Crippen LogP contribution in [0.25, 0.3) is 11.5 Å². The molecule has 0 aliphatic heterocycles. The van der Waals surface area contributed by atoms with Crippen LogP contribution in [0.4, 0.5) is 0 Å². The Morgan fingerprint density at radius 3 is 2.42 bits per heavy atom. The molecule has 0 aliphatic rings. The van der Waals surface area contributed by atoms with E-state index in [1.165, 1.54) is 0 Å². The van der Waals surface area contributed by atoms with E-state index in [0.29, 0.717) is 17.1 Å². The van der Waals surface area contributed by atoms with Gasteiger partial charge in [-0.15, -0.1) is 0 Å². The highest BCUT2D eigenvalue weighted by molar-refractivity contribution is 5.59. The number of benzene rings is 1. The maximum atomic E-state index is 8.95. The van der Waals surface area contributed by atoms with Crippen LogP contribution in [0.15, 0.2) is 22.7 Å². The van der Waals surface area contributed by atoms with Crippen LogP contribution < -0.4 is 15.2 Å². The molecule has 7 heteroatoms. The maximum Gasteiger partial charge on any atom is 0.258 e. The number of nitrogens with two attached hydrogens (primary N) is 1. The van der Waals surface area contributed by atoms with Crippen molar-refractivity contribution in [2.75, 3.05) is 20.8 Å². The van der Waals surface area contributed by atoms with Crippen molar-refractivity contribution in [1.82, 2.24) is 10.1 Å². The number of nitrogens with zero attached hydrogens (tertiary/aromatic N) is 2. The summed E-state index contributed by atoms with van der Waals surface area (Å²) in [6.45, 7) is -0.250. The van der Waals surface area contributed by atoms with Crippen LogP contribution in [0.5, 0.6) is 11.5 Å². The molecule has 19 heavy (non-hydrogen) atoms. The van der Waals surface area contributed by atoms with Crippen LogP contribution in [0, 0.1) is 0 Å². The minimum Gasteiger partial charge on any atom is -0.497 e. The van der Waals surface area contributed by atoms with Crippen LogP contribution >= 0.6 is 0 Å². The highest BCUT2D eigenvalue weighted by Crippen LogP contribution is 2.29. The fourth-order valence-corrected chi connectivity index (χ4v) is 1.52. The fraction of sp³-hybridized carbons (Fsp3) is 0.333. The predicted octanol–water partition coefficient (Wildman–Crippen LogP) is 0.746. The first-order valence-electron chi connectivity index (χ1n) is 5.61. The van der Waals surface area contributed by atoms with E-state index < -0.39 is 6.04 Å². The number of hydrogen-bond donors (Lipinski definition) is 2. The van der Waals surface area contributed by atoms with E-state index >= 15 is 0 Å². The number of rotatable bonds is 5. The molecule has 1 aromatic heterocycles. The third-order valence-electron chi connectivity index (χ3n) is 2.57. The van der Waals surface area contributed by atoms with Crippen molar-refractivity contribution >= 4 is 0 Å². The lowest BCUT2D eigenvalue weighted by Gasteiger charge is -2.05. The standard InChI is InChI=1S/C12H15N3O4/c1-17-8-3-7(4-9(5-8)18-2)12-14-11(15-19-12)10(13)6-16/h3-5,10,16H,6,13H2,1-2H3. The van der Waals surface area contributed by atoms with Crippen molar-refractivity contribution < 1.29 is 19.1 Å². The van der Waals surface area contributed by atoms with Crippen molar-refractivity contribution in [1.29, 1.82) is 0 Å². The van der Waals surface area contributed by atoms with E-state index in [1.54, 1.807) is 32.4 Å². The van der Waals surface area contributed by atoms with Crippen LogP contribution in [0.2, 0.25) is 0 Å². The molecule has 1 heterocycles. The number of aliphatic hydroxyl groups is 1. The molecule has 1 aromatic carbocycles. The third-order valence-corrected chi connectivity index (χ3v) is 2.57. The fourth-order valence-electron chi connectivity index (χ4n) is 1.52. The molecule has 3 N–H and O–H groups in total. The minimum atomic E-state index is -0.662. The Kier molecular flexibility index (Phi) is 3.98. The second-order valence-corrected chi connectivity index (χ2v) is 3.85. The number of aliphatic hydroxyl groups excluding tert-OH is 1. The summed E-state index contributed by atoms with van der Waals surface area (Å²) in [6.07, 6.45) is 0. The number of hydrogen-bond acceptors (Lipinski definition) is 7. The van der Waals surface area contributed by atoms with Gasteiger partial charge in [-0.2, -0.15) is 4.98 Å². The SMILES string of the molecule is COc1cc(OC)cc(-c2nc(C(N)CO)no2)c1. The number of aromatic nitrogens is 2. The summed E-state index contributed by atoms with van der Waals surface area (Å²) in [5.74, 6) is 1.76. The van der Waals surface area contributed by atoms with Crippen molar-refractivity contribution in [3.05, 3.63) is 24.0 Å². The summed E-state index contributed by atoms with van der Waals surface area (Å²) < 4.78 is 15.4. The average Bonchev–Trinajstić information content (AvgIpc) is 2.95. The molecule has 0 aliphatic carbocycles. The Hall–Kier alpha value is -2.12. The Morgan fingerprint density at radius 1 is 1.26 bits per heavy atom. The van der Waals surface area contributed by atoms with Gasteiger partial charge in [0.1, 0.15) is 11.5 Å². The van der Waals surface area contributed by atoms with Crippen molar-refractivity contribution in [2.45, 2.75) is 6.04 Å². The molecule has 0 saturated carbocycles. The van der Waals surface area contributed by atoms with Gasteiger partial charge in [0.2, 0.25) is 0 Å². The first-order valence-corrected chi connectivity index (χ1v) is 5.61. The smallest absolute Gasteiger partial charge is 0.258 e. The van der Waals surface area contributed by atoms with E-state index in [0.717, 1.165) is 0 Å². The molecule has 1 atom stereocenters. The second-order valence-electron chi connectivity index (χ2n) is 3.85. The normalized spacial score (nSPS) is 12.2. The summed E-state index contributed by atoms with van der Waals surface area (Å²) in [6, 6.07) is 4.56. The molecule has 7 nitrogen and oxygen atoms in total. The predicted molar refractivity (Wildman–Crippen MR) is 66.9 cm³/mol. The monoisotopic (exact) mass is 265 g/mol. The molecular formula is C12H15N3O4. The summed E-state index contributed by atoms with van der Waals surface area (Å²) >= 11 is 0. The minimum absolute atomic E-state index is 0.249. The van der Waals surface area contributed by atoms with E-state index in [1.807, 2.05) is 0 Å². The van der Waals surface area contributed by atoms with Crippen molar-refractivity contribution in [3.8, 4) is 23.0 Å². The molecule has 0 saturated heterocycles. The zero-order valence-electron chi connectivity index (χ0n) is 10.7. The Balaban J connectivity index is 2.37. The van der Waals surface area contributed by atoms with Crippen LogP contribution in [-0.2, 0) is 0 Å². The zero-order chi connectivity index (χ0) is 13.8. The summed E-state index contributed by atoms with van der Waals surface area (Å²) in [7, 11) is 3.11. The van der Waals surface area contributed by atoms with Gasteiger partial charge in [0, 0.05) is 11.6 Å². The van der Waals surface area contributed by atoms with Gasteiger partial charge in [-0.25, -0.2) is 0 Å². The lowest BCUT2D eigenvalue weighted by atomic mass is 10.2. The van der Waals surface area contributed by atoms with Crippen LogP contribution in [-0.4, -0.2) is 36.1 Å². The third kappa shape index (κ3) is 2.83. The Morgan fingerprint density at radius 2 is 1.89 bits per heavy atom. The highest BCUT2D eigenvalue weighted by atomic mass is 16.5. The first-order chi connectivity index (χ1) is 9.17. The Labute approximate surface area is 109 Å². The van der Waals surface area contributed by atoms with Gasteiger partial charge in [-0.3, -0.25) is 0 Å². The molecule has 0 fully saturated rings. The summed E-state index contributed by atoms with van der Waals surface area (Å²) in [5.41, 5.74) is 6.27. The number of methoxy groups -OCH3 is 2. The Bertz CT molecular complexity index is 533. The summed E-state index contributed by atoms with van der Waals surface area (Å²) in [5, 5.41) is 12.7. The molecular weight excluding hydrogens is 250 g/mol. The summed E-state index contributed by atoms with van der Waals surface area (Å²) in [4.78, 5) is 4.13. The van der Waals surface area contributed by atoms with E-state index in [2.05, 4.69) is 10.1 Å². The molecule has 0 spiro atoms. The van der Waals surface area contributed by atoms with E-state index in [-0.39, 0.29) is 18.3 Å². The van der Waals surface area contributed by atoms with Gasteiger partial charge >= 0.3 is 0 Å². The molecule has 0 radical (unpaired) electrons. The van der Waals surface area contributed by atoms with E-state index in [4.69, 9.17) is 24.8 Å². The highest BCUT2D eigenvalue weighted by Gasteiger charge is 2.15. The van der Waals surface area contributed by atoms with Gasteiger partial charge in [0.25, 0.3) is 5.89 Å². The zero-order valence-corrected chi connectivity index (χ0v) is 10.7. The van der Waals surface area contributed by atoms with Gasteiger partial charge in [0.15, 0.2) is 5.82 Å². The van der Waals surface area contributed by atoms with Crippen LogP contribution in [0.1, 0.15) is 11.9 Å².